The van der Waals surface area contributed by atoms with E-state index in [4.69, 9.17) is 0 Å². The smallest absolute Gasteiger partial charge is 0.223 e. The van der Waals surface area contributed by atoms with Gasteiger partial charge in [-0.3, -0.25) is 52.7 Å². The minimum atomic E-state index is -0.362. The van der Waals surface area contributed by atoms with Crippen LogP contribution in [0.3, 0.4) is 0 Å². The molecule has 24 nitrogen and oxygen atoms in total. The van der Waals surface area contributed by atoms with Crippen molar-refractivity contribution in [1.29, 1.82) is 0 Å². The zero-order chi connectivity index (χ0) is 63.6. The first kappa shape index (κ1) is 78.7. The molecule has 0 saturated heterocycles. The van der Waals surface area contributed by atoms with Gasteiger partial charge in [0.15, 0.2) is 0 Å². The summed E-state index contributed by atoms with van der Waals surface area (Å²) in [6.07, 6.45) is 7.41. The third-order valence-corrected chi connectivity index (χ3v) is 13.7. The van der Waals surface area contributed by atoms with Crippen LogP contribution in [0.1, 0.15) is 184 Å². The van der Waals surface area contributed by atoms with Crippen molar-refractivity contribution in [2.24, 2.45) is 0 Å². The SMILES string of the molecule is C=C(CCC(=O)NCCN(CCNC(=O)CCC(=O)N(CCC)CCC)C(=O)CCC(=O)NCCNCCNC(=O)CCC(=O)N(CCNC(=O)CCC(=O)N(CCC)CCC)CCNC(=O)CCC(=O)N(CCC)CCC)N(CCC)CCC. The molecule has 0 aliphatic rings. The zero-order valence-electron chi connectivity index (χ0n) is 53.7. The number of nitrogens with one attached hydrogen (secondary N) is 7. The van der Waals surface area contributed by atoms with Gasteiger partial charge in [0.05, 0.1) is 0 Å². The van der Waals surface area contributed by atoms with E-state index in [9.17, 15) is 52.7 Å². The summed E-state index contributed by atoms with van der Waals surface area (Å²) in [6.45, 7) is 28.0. The number of hydrogen-bond acceptors (Lipinski definition) is 13. The Morgan fingerprint density at radius 3 is 0.647 bits per heavy atom. The van der Waals surface area contributed by atoms with Gasteiger partial charge in [-0.2, -0.15) is 0 Å². The van der Waals surface area contributed by atoms with Gasteiger partial charge >= 0.3 is 0 Å². The molecular formula is C61H113N13O11. The van der Waals surface area contributed by atoms with Crippen LogP contribution < -0.4 is 37.2 Å². The van der Waals surface area contributed by atoms with E-state index in [0.717, 1.165) is 70.2 Å². The fourth-order valence-corrected chi connectivity index (χ4v) is 9.26. The molecule has 85 heavy (non-hydrogen) atoms. The Hall–Kier alpha value is -6.33. The molecule has 0 saturated carbocycles. The van der Waals surface area contributed by atoms with Crippen LogP contribution >= 0.6 is 0 Å². The van der Waals surface area contributed by atoms with E-state index in [2.05, 4.69) is 62.5 Å². The van der Waals surface area contributed by atoms with Crippen molar-refractivity contribution in [2.75, 3.05) is 131 Å². The number of carbonyl (C=O) groups is 11. The average Bonchev–Trinajstić information content (AvgIpc) is 3.48. The monoisotopic (exact) mass is 1200 g/mol. The summed E-state index contributed by atoms with van der Waals surface area (Å²) in [6, 6.07) is 0. The van der Waals surface area contributed by atoms with Gasteiger partial charge < -0.3 is 66.6 Å². The molecule has 488 valence electrons. The molecule has 0 radical (unpaired) electrons. The summed E-state index contributed by atoms with van der Waals surface area (Å²) in [5, 5.41) is 19.9. The van der Waals surface area contributed by atoms with Crippen LogP contribution in [0, 0.1) is 0 Å². The third-order valence-electron chi connectivity index (χ3n) is 13.7. The molecule has 0 spiro atoms. The van der Waals surface area contributed by atoms with Gasteiger partial charge in [-0.15, -0.1) is 0 Å². The maximum Gasteiger partial charge on any atom is 0.223 e. The molecule has 0 aromatic heterocycles. The summed E-state index contributed by atoms with van der Waals surface area (Å²) in [5.41, 5.74) is 0.908. The molecule has 0 heterocycles. The van der Waals surface area contributed by atoms with Crippen LogP contribution in [-0.2, 0) is 52.7 Å². The first-order chi connectivity index (χ1) is 40.8. The molecule has 7 N–H and O–H groups in total. The van der Waals surface area contributed by atoms with Crippen molar-refractivity contribution < 1.29 is 52.7 Å². The molecule has 0 rings (SSSR count). The van der Waals surface area contributed by atoms with E-state index in [0.29, 0.717) is 58.8 Å². The maximum absolute atomic E-state index is 13.5. The number of rotatable bonds is 53. The van der Waals surface area contributed by atoms with Crippen molar-refractivity contribution in [2.45, 2.75) is 184 Å². The van der Waals surface area contributed by atoms with Crippen LogP contribution in [0.5, 0.6) is 0 Å². The Morgan fingerprint density at radius 2 is 0.424 bits per heavy atom. The lowest BCUT2D eigenvalue weighted by Crippen LogP contribution is -2.43. The van der Waals surface area contributed by atoms with Gasteiger partial charge in [0.1, 0.15) is 0 Å². The Balaban J connectivity index is 5.23. The highest BCUT2D eigenvalue weighted by molar-refractivity contribution is 5.87. The Morgan fingerprint density at radius 1 is 0.235 bits per heavy atom. The highest BCUT2D eigenvalue weighted by Gasteiger charge is 2.21. The summed E-state index contributed by atoms with van der Waals surface area (Å²) < 4.78 is 0. The number of carbonyl (C=O) groups excluding carboxylic acids is 11. The van der Waals surface area contributed by atoms with Gasteiger partial charge in [0, 0.05) is 207 Å². The lowest BCUT2D eigenvalue weighted by atomic mass is 10.2. The van der Waals surface area contributed by atoms with Crippen molar-refractivity contribution in [3.8, 4) is 0 Å². The number of allylic oxidation sites excluding steroid dienone is 1. The standard InChI is InChI=1S/C61H113N13O11/c1-10-38-69(39-11-2)50(9)18-19-51(75)65-34-46-73(47-35-66-54(78)22-25-57(81)70(40-12-3)41-13-4)60(84)28-20-52(76)63-32-30-62-31-33-64-53(77)21-29-61(85)74(48-36-67-55(79)23-26-58(82)71(42-14-5)43-15-6)49-37-68-56(80)24-27-59(83)72(44-16-7)45-17-8/h62H,9-49H2,1-8H3,(H,63,76)(H,64,77)(H,65,75)(H,66,78)(H,67,79)(H,68,80). The lowest BCUT2D eigenvalue weighted by molar-refractivity contribution is -0.134. The van der Waals surface area contributed by atoms with E-state index < -0.39 is 0 Å². The zero-order valence-corrected chi connectivity index (χ0v) is 53.7. The highest BCUT2D eigenvalue weighted by atomic mass is 16.2. The average molecular weight is 1200 g/mol. The van der Waals surface area contributed by atoms with E-state index in [-0.39, 0.29) is 201 Å². The molecule has 0 aromatic carbocycles. The van der Waals surface area contributed by atoms with Crippen molar-refractivity contribution >= 4 is 65.0 Å². The van der Waals surface area contributed by atoms with Crippen LogP contribution in [-0.4, -0.2) is 225 Å². The van der Waals surface area contributed by atoms with Gasteiger partial charge in [0.25, 0.3) is 0 Å². The topological polar surface area (TPSA) is 291 Å². The summed E-state index contributed by atoms with van der Waals surface area (Å²) in [7, 11) is 0. The summed E-state index contributed by atoms with van der Waals surface area (Å²) in [4.78, 5) is 152. The second-order valence-corrected chi connectivity index (χ2v) is 21.3. The maximum atomic E-state index is 13.5. The third kappa shape index (κ3) is 39.8. The van der Waals surface area contributed by atoms with Crippen molar-refractivity contribution in [1.82, 2.24) is 66.6 Å². The van der Waals surface area contributed by atoms with E-state index >= 15 is 0 Å². The van der Waals surface area contributed by atoms with Crippen LogP contribution in [0.4, 0.5) is 0 Å². The summed E-state index contributed by atoms with van der Waals surface area (Å²) in [5.74, 6) is -2.80. The van der Waals surface area contributed by atoms with Crippen LogP contribution in [0.25, 0.3) is 0 Å². The first-order valence-electron chi connectivity index (χ1n) is 32.0. The quantitative estimate of drug-likeness (QED) is 0.0432. The molecule has 0 unspecified atom stereocenters. The largest absolute Gasteiger partial charge is 0.375 e. The fraction of sp³-hybridized carbons (Fsp3) is 0.787. The molecule has 0 fully saturated rings. The second-order valence-electron chi connectivity index (χ2n) is 21.3. The first-order valence-corrected chi connectivity index (χ1v) is 32.0. The van der Waals surface area contributed by atoms with Gasteiger partial charge in [-0.05, 0) is 57.8 Å². The fourth-order valence-electron chi connectivity index (χ4n) is 9.26. The normalized spacial score (nSPS) is 10.7. The predicted molar refractivity (Wildman–Crippen MR) is 332 cm³/mol. The second kappa shape index (κ2) is 50.9. The number of nitrogens with zero attached hydrogens (tertiary/aromatic N) is 6. The van der Waals surface area contributed by atoms with E-state index in [1.807, 2.05) is 41.5 Å². The molecule has 0 aliphatic carbocycles. The molecule has 11 amide bonds. The summed E-state index contributed by atoms with van der Waals surface area (Å²) >= 11 is 0. The Bertz CT molecular complexity index is 1730. The minimum Gasteiger partial charge on any atom is -0.375 e. The van der Waals surface area contributed by atoms with Crippen molar-refractivity contribution in [3.05, 3.63) is 12.3 Å². The number of hydrogen-bond donors (Lipinski definition) is 7. The van der Waals surface area contributed by atoms with E-state index in [1.165, 1.54) is 9.80 Å². The highest BCUT2D eigenvalue weighted by Crippen LogP contribution is 2.12. The van der Waals surface area contributed by atoms with Crippen LogP contribution in [0.2, 0.25) is 0 Å². The lowest BCUT2D eigenvalue weighted by Gasteiger charge is -2.26. The molecule has 0 aromatic rings. The molecule has 24 heteroatoms. The Labute approximate surface area is 509 Å². The predicted octanol–water partition coefficient (Wildman–Crippen LogP) is 3.19. The van der Waals surface area contributed by atoms with Crippen LogP contribution in [0.15, 0.2) is 12.3 Å². The molecular weight excluding hydrogens is 1090 g/mol. The van der Waals surface area contributed by atoms with Gasteiger partial charge in [-0.25, -0.2) is 0 Å². The number of amides is 11. The van der Waals surface area contributed by atoms with E-state index in [1.54, 1.807) is 14.7 Å². The molecule has 0 atom stereocenters. The minimum absolute atomic E-state index is 0.00205. The molecule has 0 bridgehead atoms. The van der Waals surface area contributed by atoms with Gasteiger partial charge in [0.2, 0.25) is 65.0 Å². The van der Waals surface area contributed by atoms with Gasteiger partial charge in [-0.1, -0.05) is 62.0 Å². The molecule has 0 aliphatic heterocycles. The van der Waals surface area contributed by atoms with Crippen molar-refractivity contribution in [3.63, 3.8) is 0 Å². The Kier molecular flexibility index (Phi) is 47.1.